The van der Waals surface area contributed by atoms with Crippen LogP contribution in [-0.4, -0.2) is 29.4 Å². The number of ether oxygens (including phenoxy) is 2. The van der Waals surface area contributed by atoms with E-state index >= 15 is 0 Å². The summed E-state index contributed by atoms with van der Waals surface area (Å²) in [5, 5.41) is 7.18. The third-order valence-electron chi connectivity index (χ3n) is 0.733. The van der Waals surface area contributed by atoms with Gasteiger partial charge in [0.1, 0.15) is 12.7 Å². The molecular weight excluding hydrogens is 176 g/mol. The number of halogens is 1. The van der Waals surface area contributed by atoms with Gasteiger partial charge in [-0.25, -0.2) is 9.59 Å². The zero-order chi connectivity index (χ0) is 8.85. The lowest BCUT2D eigenvalue weighted by atomic mass is 10.5. The molecule has 1 aliphatic heterocycles. The molecule has 1 saturated heterocycles. The van der Waals surface area contributed by atoms with Crippen molar-refractivity contribution in [3.8, 4) is 0 Å². The van der Waals surface area contributed by atoms with Gasteiger partial charge in [-0.3, -0.25) is 0 Å². The van der Waals surface area contributed by atoms with Crippen LogP contribution in [0.2, 0.25) is 0 Å². The lowest BCUT2D eigenvalue weighted by Gasteiger charge is -1.90. The maximum atomic E-state index is 10.0. The van der Waals surface area contributed by atoms with Gasteiger partial charge in [-0.2, -0.15) is 0 Å². The normalized spacial score (nSPS) is 20.9. The zero-order valence-corrected chi connectivity index (χ0v) is 6.50. The summed E-state index contributed by atoms with van der Waals surface area (Å²) < 4.78 is 8.90. The van der Waals surface area contributed by atoms with Crippen LogP contribution in [0.15, 0.2) is 0 Å². The highest BCUT2D eigenvalue weighted by molar-refractivity contribution is 6.60. The van der Waals surface area contributed by atoms with Crippen molar-refractivity contribution in [1.82, 2.24) is 0 Å². The molecule has 1 fully saturated rings. The Kier molecular flexibility index (Phi) is 4.36. The number of rotatable bonds is 0. The van der Waals surface area contributed by atoms with E-state index < -0.39 is 11.6 Å². The van der Waals surface area contributed by atoms with E-state index in [-0.39, 0.29) is 6.10 Å². The zero-order valence-electron chi connectivity index (χ0n) is 5.74. The van der Waals surface area contributed by atoms with Crippen molar-refractivity contribution in [2.75, 3.05) is 6.61 Å². The second kappa shape index (κ2) is 4.79. The minimum Gasteiger partial charge on any atom is -0.469 e. The van der Waals surface area contributed by atoms with E-state index in [9.17, 15) is 4.79 Å². The molecule has 1 aliphatic rings. The number of carbonyl (C=O) groups excluding carboxylic acids is 1. The van der Waals surface area contributed by atoms with Gasteiger partial charge >= 0.3 is 11.6 Å². The second-order valence-electron chi connectivity index (χ2n) is 1.74. The van der Waals surface area contributed by atoms with E-state index in [1.165, 1.54) is 0 Å². The summed E-state index contributed by atoms with van der Waals surface area (Å²) in [5.74, 6) is 0. The van der Waals surface area contributed by atoms with Crippen LogP contribution in [0.25, 0.3) is 0 Å². The van der Waals surface area contributed by atoms with E-state index in [0.717, 1.165) is 0 Å². The Balaban J connectivity index is 0.000000218. The van der Waals surface area contributed by atoms with E-state index in [1.54, 1.807) is 6.92 Å². The smallest absolute Gasteiger partial charge is 0.469 e. The second-order valence-corrected chi connectivity index (χ2v) is 2.07. The molecule has 0 saturated carbocycles. The molecule has 0 aliphatic carbocycles. The highest BCUT2D eigenvalue weighted by Gasteiger charge is 2.19. The molecule has 1 N–H and O–H groups in total. The van der Waals surface area contributed by atoms with E-state index in [2.05, 4.69) is 21.1 Å². The van der Waals surface area contributed by atoms with Crippen LogP contribution in [-0.2, 0) is 9.47 Å². The Bertz CT molecular complexity index is 153. The Labute approximate surface area is 67.8 Å². The van der Waals surface area contributed by atoms with Crippen molar-refractivity contribution in [1.29, 1.82) is 0 Å². The lowest BCUT2D eigenvalue weighted by Crippen LogP contribution is -2.01. The highest BCUT2D eigenvalue weighted by atomic mass is 35.5. The molecule has 0 aromatic carbocycles. The van der Waals surface area contributed by atoms with Gasteiger partial charge in [0.25, 0.3) is 0 Å². The summed E-state index contributed by atoms with van der Waals surface area (Å²) in [6, 6.07) is 0. The molecule has 1 rings (SSSR count). The number of carboxylic acid groups (broad SMARTS) is 1. The molecule has 0 radical (unpaired) electrons. The maximum absolute atomic E-state index is 10.0. The Morgan fingerprint density at radius 2 is 2.27 bits per heavy atom. The minimum atomic E-state index is -1.36. The molecule has 1 atom stereocenters. The van der Waals surface area contributed by atoms with Crippen molar-refractivity contribution in [2.24, 2.45) is 0 Å². The topological polar surface area (TPSA) is 72.8 Å². The van der Waals surface area contributed by atoms with Crippen molar-refractivity contribution in [3.63, 3.8) is 0 Å². The van der Waals surface area contributed by atoms with Crippen LogP contribution in [0.4, 0.5) is 9.59 Å². The summed E-state index contributed by atoms with van der Waals surface area (Å²) in [6.07, 6.45) is -0.597. The van der Waals surface area contributed by atoms with Crippen molar-refractivity contribution in [2.45, 2.75) is 13.0 Å². The highest BCUT2D eigenvalue weighted by Crippen LogP contribution is 2.02. The third kappa shape index (κ3) is 6.92. The van der Waals surface area contributed by atoms with Gasteiger partial charge < -0.3 is 14.6 Å². The first kappa shape index (κ1) is 10.0. The third-order valence-corrected chi connectivity index (χ3v) is 0.733. The van der Waals surface area contributed by atoms with Crippen molar-refractivity contribution in [3.05, 3.63) is 0 Å². The first-order valence-electron chi connectivity index (χ1n) is 2.74. The number of hydrogen-bond donors (Lipinski definition) is 1. The molecule has 0 amide bonds. The molecule has 0 aromatic rings. The SMILES string of the molecule is CC1COC(=O)O1.O=C(O)Cl. The molecule has 1 unspecified atom stereocenters. The van der Waals surface area contributed by atoms with Gasteiger partial charge in [0.05, 0.1) is 0 Å². The summed E-state index contributed by atoms with van der Waals surface area (Å²) in [7, 11) is 0. The first-order valence-corrected chi connectivity index (χ1v) is 3.12. The quantitative estimate of drug-likeness (QED) is 0.453. The van der Waals surface area contributed by atoms with Gasteiger partial charge in [-0.05, 0) is 6.92 Å². The molecule has 11 heavy (non-hydrogen) atoms. The van der Waals surface area contributed by atoms with Crippen LogP contribution >= 0.6 is 11.6 Å². The van der Waals surface area contributed by atoms with Crippen molar-refractivity contribution < 1.29 is 24.2 Å². The molecule has 64 valence electrons. The number of cyclic esters (lactones) is 2. The standard InChI is InChI=1S/C4H6O3.CHClO2/c1-3-2-6-4(5)7-3;2-1(3)4/h3H,2H2,1H3;(H,3,4). The van der Waals surface area contributed by atoms with Crippen LogP contribution in [0.3, 0.4) is 0 Å². The summed E-state index contributed by atoms with van der Waals surface area (Å²) in [5.41, 5.74) is -1.36. The fraction of sp³-hybridized carbons (Fsp3) is 0.600. The van der Waals surface area contributed by atoms with Gasteiger partial charge in [0.2, 0.25) is 0 Å². The van der Waals surface area contributed by atoms with Crippen LogP contribution in [0, 0.1) is 0 Å². The Morgan fingerprint density at radius 1 is 1.82 bits per heavy atom. The average molecular weight is 183 g/mol. The van der Waals surface area contributed by atoms with Crippen LogP contribution < -0.4 is 0 Å². The molecule has 0 bridgehead atoms. The summed E-state index contributed by atoms with van der Waals surface area (Å²) in [4.78, 5) is 18.8. The van der Waals surface area contributed by atoms with Crippen LogP contribution in [0.1, 0.15) is 6.92 Å². The van der Waals surface area contributed by atoms with E-state index in [0.29, 0.717) is 6.61 Å². The van der Waals surface area contributed by atoms with Gasteiger partial charge in [0.15, 0.2) is 0 Å². The molecule has 0 aromatic heterocycles. The van der Waals surface area contributed by atoms with E-state index in [1.807, 2.05) is 0 Å². The largest absolute Gasteiger partial charge is 0.508 e. The monoisotopic (exact) mass is 182 g/mol. The molecular formula is C5H7ClO5. The lowest BCUT2D eigenvalue weighted by molar-refractivity contribution is 0.121. The van der Waals surface area contributed by atoms with E-state index in [4.69, 9.17) is 9.90 Å². The van der Waals surface area contributed by atoms with Crippen molar-refractivity contribution >= 4 is 23.2 Å². The molecule has 6 heteroatoms. The number of carbonyl (C=O) groups is 2. The average Bonchev–Trinajstić information content (AvgIpc) is 2.13. The van der Waals surface area contributed by atoms with Gasteiger partial charge in [0, 0.05) is 11.6 Å². The van der Waals surface area contributed by atoms with Gasteiger partial charge in [-0.1, -0.05) is 0 Å². The number of hydrogen-bond acceptors (Lipinski definition) is 4. The van der Waals surface area contributed by atoms with Crippen LogP contribution in [0.5, 0.6) is 0 Å². The molecule has 0 spiro atoms. The first-order chi connectivity index (χ1) is 5.02. The predicted octanol–water partition coefficient (Wildman–Crippen LogP) is 1.44. The predicted molar refractivity (Wildman–Crippen MR) is 35.8 cm³/mol. The van der Waals surface area contributed by atoms with Gasteiger partial charge in [-0.15, -0.1) is 0 Å². The summed E-state index contributed by atoms with van der Waals surface area (Å²) >= 11 is 4.19. The molecule has 1 heterocycles. The molecule has 5 nitrogen and oxygen atoms in total. The Morgan fingerprint density at radius 3 is 2.36 bits per heavy atom. The fourth-order valence-corrected chi connectivity index (χ4v) is 0.418. The Hall–Kier alpha value is -0.970. The minimum absolute atomic E-state index is 0.0486. The fourth-order valence-electron chi connectivity index (χ4n) is 0.418. The summed E-state index contributed by atoms with van der Waals surface area (Å²) in [6.45, 7) is 2.18. The maximum Gasteiger partial charge on any atom is 0.508 e.